The van der Waals surface area contributed by atoms with Gasteiger partial charge in [-0.25, -0.2) is 0 Å². The van der Waals surface area contributed by atoms with Gasteiger partial charge in [-0.1, -0.05) is 109 Å². The van der Waals surface area contributed by atoms with Crippen molar-refractivity contribution in [3.8, 4) is 0 Å². The quantitative estimate of drug-likeness (QED) is 0.428. The van der Waals surface area contributed by atoms with Crippen molar-refractivity contribution in [1.29, 1.82) is 0 Å². The zero-order valence-electron chi connectivity index (χ0n) is 15.4. The van der Waals surface area contributed by atoms with E-state index in [2.05, 4.69) is 91.0 Å². The second-order valence-corrected chi connectivity index (χ2v) is 10.7. The zero-order valence-corrected chi connectivity index (χ0v) is 16.2. The van der Waals surface area contributed by atoms with Crippen molar-refractivity contribution >= 4 is 28.1 Å². The molecule has 0 saturated heterocycles. The molecule has 0 nitrogen and oxygen atoms in total. The zero-order chi connectivity index (χ0) is 17.7. The Morgan fingerprint density at radius 2 is 0.769 bits per heavy atom. The molecule has 0 N–H and O–H groups in total. The molecular weight excluding hydrogens is 331 g/mol. The van der Waals surface area contributed by atoms with Crippen molar-refractivity contribution in [3.63, 3.8) is 0 Å². The van der Waals surface area contributed by atoms with Crippen LogP contribution in [0.3, 0.4) is 0 Å². The van der Waals surface area contributed by atoms with Gasteiger partial charge in [-0.2, -0.15) is 0 Å². The van der Waals surface area contributed by atoms with Gasteiger partial charge in [0.25, 0.3) is 0 Å². The van der Waals surface area contributed by atoms with E-state index in [0.29, 0.717) is 0 Å². The van der Waals surface area contributed by atoms with Crippen molar-refractivity contribution in [2.75, 3.05) is 0 Å². The molecule has 4 rings (SSSR count). The fourth-order valence-corrected chi connectivity index (χ4v) is 9.26. The second kappa shape index (κ2) is 8.11. The van der Waals surface area contributed by atoms with Crippen LogP contribution in [0.2, 0.25) is 0 Å². The van der Waals surface area contributed by atoms with Gasteiger partial charge in [-0.15, -0.1) is 0 Å². The Morgan fingerprint density at radius 3 is 1.12 bits per heavy atom. The largest absolute Gasteiger partial charge is 0.0622 e. The SMILES string of the molecule is c1ccc(P(=C2CCCCCC2)(c2ccccc2)c2ccccc2)cc1. The average Bonchev–Trinajstić information content (AvgIpc) is 3.01. The van der Waals surface area contributed by atoms with Crippen LogP contribution in [0.5, 0.6) is 0 Å². The van der Waals surface area contributed by atoms with E-state index in [9.17, 15) is 0 Å². The molecule has 0 unspecified atom stereocenters. The molecule has 1 aliphatic carbocycles. The highest BCUT2D eigenvalue weighted by Crippen LogP contribution is 2.48. The van der Waals surface area contributed by atoms with E-state index in [1.807, 2.05) is 0 Å². The minimum atomic E-state index is -1.74. The first-order valence-electron chi connectivity index (χ1n) is 9.83. The summed E-state index contributed by atoms with van der Waals surface area (Å²) in [6.07, 6.45) is 7.97. The van der Waals surface area contributed by atoms with Crippen LogP contribution in [-0.2, 0) is 0 Å². The summed E-state index contributed by atoms with van der Waals surface area (Å²) < 4.78 is 0. The van der Waals surface area contributed by atoms with Crippen LogP contribution in [0, 0.1) is 0 Å². The Balaban J connectivity index is 2.12. The van der Waals surface area contributed by atoms with E-state index >= 15 is 0 Å². The monoisotopic (exact) mass is 358 g/mol. The highest BCUT2D eigenvalue weighted by molar-refractivity contribution is 7.95. The van der Waals surface area contributed by atoms with Gasteiger partial charge in [-0.3, -0.25) is 0 Å². The molecule has 0 radical (unpaired) electrons. The summed E-state index contributed by atoms with van der Waals surface area (Å²) in [6.45, 7) is -1.74. The third-order valence-electron chi connectivity index (χ3n) is 5.59. The van der Waals surface area contributed by atoms with Gasteiger partial charge >= 0.3 is 0 Å². The first-order valence-corrected chi connectivity index (χ1v) is 11.6. The second-order valence-electron chi connectivity index (χ2n) is 7.16. The van der Waals surface area contributed by atoms with Crippen LogP contribution < -0.4 is 15.9 Å². The molecule has 1 fully saturated rings. The van der Waals surface area contributed by atoms with E-state index in [1.54, 1.807) is 5.29 Å². The third kappa shape index (κ3) is 3.19. The Kier molecular flexibility index (Phi) is 5.42. The van der Waals surface area contributed by atoms with E-state index in [-0.39, 0.29) is 0 Å². The standard InChI is InChI=1S/C25H27P/c1-2-7-15-22(14-6-1)26(23-16-8-3-9-17-23,24-18-10-4-11-19-24)25-20-12-5-13-21-25/h3-5,8-13,16-21H,1-2,6-7,14-15H2. The maximum atomic E-state index is 2.37. The Hall–Kier alpha value is -2.04. The minimum absolute atomic E-state index is 1.27. The van der Waals surface area contributed by atoms with Crippen LogP contribution in [0.1, 0.15) is 38.5 Å². The Bertz CT molecular complexity index is 766. The lowest BCUT2D eigenvalue weighted by Gasteiger charge is -2.33. The first kappa shape index (κ1) is 17.4. The lowest BCUT2D eigenvalue weighted by atomic mass is 10.2. The smallest absolute Gasteiger partial charge is 0.0161 e. The summed E-state index contributed by atoms with van der Waals surface area (Å²) in [6, 6.07) is 33.9. The van der Waals surface area contributed by atoms with Crippen LogP contribution in [0.25, 0.3) is 0 Å². The van der Waals surface area contributed by atoms with Gasteiger partial charge in [-0.05, 0) is 48.5 Å². The van der Waals surface area contributed by atoms with E-state index in [1.165, 1.54) is 54.4 Å². The lowest BCUT2D eigenvalue weighted by Crippen LogP contribution is -2.30. The minimum Gasteiger partial charge on any atom is -0.0622 e. The van der Waals surface area contributed by atoms with Crippen LogP contribution >= 0.6 is 6.89 Å². The average molecular weight is 358 g/mol. The molecule has 0 heterocycles. The van der Waals surface area contributed by atoms with Crippen molar-refractivity contribution in [1.82, 2.24) is 0 Å². The van der Waals surface area contributed by atoms with Gasteiger partial charge < -0.3 is 0 Å². The van der Waals surface area contributed by atoms with Crippen LogP contribution in [-0.4, -0.2) is 5.29 Å². The van der Waals surface area contributed by atoms with Crippen LogP contribution in [0.15, 0.2) is 91.0 Å². The molecule has 26 heavy (non-hydrogen) atoms. The fraction of sp³-hybridized carbons (Fsp3) is 0.240. The molecule has 0 aromatic heterocycles. The number of hydrogen-bond acceptors (Lipinski definition) is 0. The van der Waals surface area contributed by atoms with E-state index in [4.69, 9.17) is 0 Å². The first-order chi connectivity index (χ1) is 12.9. The summed E-state index contributed by atoms with van der Waals surface area (Å²) >= 11 is 0. The number of rotatable bonds is 3. The fourth-order valence-electron chi connectivity index (χ4n) is 4.42. The molecule has 0 aliphatic heterocycles. The van der Waals surface area contributed by atoms with Gasteiger partial charge in [0.1, 0.15) is 0 Å². The molecule has 0 bridgehead atoms. The van der Waals surface area contributed by atoms with Crippen molar-refractivity contribution in [3.05, 3.63) is 91.0 Å². The van der Waals surface area contributed by atoms with Crippen molar-refractivity contribution in [2.45, 2.75) is 38.5 Å². The Morgan fingerprint density at radius 1 is 0.423 bits per heavy atom. The molecular formula is C25H27P. The summed E-state index contributed by atoms with van der Waals surface area (Å²) in [7, 11) is 0. The summed E-state index contributed by atoms with van der Waals surface area (Å²) in [5.41, 5.74) is 0. The maximum Gasteiger partial charge on any atom is -0.0161 e. The van der Waals surface area contributed by atoms with Crippen molar-refractivity contribution < 1.29 is 0 Å². The number of benzene rings is 3. The van der Waals surface area contributed by atoms with Gasteiger partial charge in [0, 0.05) is 0 Å². The number of hydrogen-bond donors (Lipinski definition) is 0. The molecule has 132 valence electrons. The summed E-state index contributed by atoms with van der Waals surface area (Å²) in [4.78, 5) is 0. The molecule has 1 aliphatic rings. The molecule has 3 aromatic rings. The highest BCUT2D eigenvalue weighted by Gasteiger charge is 2.29. The highest BCUT2D eigenvalue weighted by atomic mass is 31.2. The molecule has 1 heteroatoms. The van der Waals surface area contributed by atoms with E-state index < -0.39 is 6.89 Å². The van der Waals surface area contributed by atoms with Gasteiger partial charge in [0.05, 0.1) is 0 Å². The predicted molar refractivity (Wildman–Crippen MR) is 118 cm³/mol. The summed E-state index contributed by atoms with van der Waals surface area (Å²) in [5, 5.41) is 6.32. The predicted octanol–water partition coefficient (Wildman–Crippen LogP) is 5.51. The van der Waals surface area contributed by atoms with Crippen LogP contribution in [0.4, 0.5) is 0 Å². The molecule has 0 amide bonds. The van der Waals surface area contributed by atoms with Gasteiger partial charge in [0.2, 0.25) is 0 Å². The summed E-state index contributed by atoms with van der Waals surface area (Å²) in [5.74, 6) is 0. The van der Waals surface area contributed by atoms with E-state index in [0.717, 1.165) is 0 Å². The lowest BCUT2D eigenvalue weighted by molar-refractivity contribution is 0.702. The molecule has 0 atom stereocenters. The topological polar surface area (TPSA) is 0 Å². The van der Waals surface area contributed by atoms with Crippen molar-refractivity contribution in [2.24, 2.45) is 0 Å². The maximum absolute atomic E-state index is 2.37. The molecule has 1 saturated carbocycles. The third-order valence-corrected chi connectivity index (χ3v) is 10.2. The molecule has 3 aromatic carbocycles. The Labute approximate surface area is 157 Å². The molecule has 0 spiro atoms. The normalized spacial score (nSPS) is 15.5. The van der Waals surface area contributed by atoms with Gasteiger partial charge in [0.15, 0.2) is 0 Å².